The summed E-state index contributed by atoms with van der Waals surface area (Å²) in [5.41, 5.74) is 0.882. The molecule has 0 unspecified atom stereocenters. The SMILES string of the molecule is CC/C=C/C/C=C(/C)[C@H](O)CC/C(C)=C\C=C(\C)C(=O)c1c(O)cc([C@H](C)CC/C=C\NC(=O)OC)oc1=O. The molecule has 1 aromatic rings. The van der Waals surface area contributed by atoms with Gasteiger partial charge in [-0.3, -0.25) is 10.1 Å². The molecule has 0 aliphatic heterocycles. The van der Waals surface area contributed by atoms with Crippen LogP contribution < -0.4 is 10.9 Å². The molecule has 214 valence electrons. The Hall–Kier alpha value is -3.65. The molecule has 0 saturated carbocycles. The van der Waals surface area contributed by atoms with E-state index in [-0.39, 0.29) is 17.3 Å². The van der Waals surface area contributed by atoms with E-state index in [9.17, 15) is 24.6 Å². The molecule has 3 N–H and O–H groups in total. The number of carbonyl (C=O) groups is 2. The van der Waals surface area contributed by atoms with Gasteiger partial charge >= 0.3 is 11.7 Å². The number of carbonyl (C=O) groups excluding carboxylic acids is 2. The minimum Gasteiger partial charge on any atom is -0.507 e. The Bertz CT molecular complexity index is 1170. The van der Waals surface area contributed by atoms with Crippen LogP contribution >= 0.6 is 0 Å². The lowest BCUT2D eigenvalue weighted by molar-refractivity contribution is 0.102. The molecule has 8 nitrogen and oxygen atoms in total. The van der Waals surface area contributed by atoms with E-state index in [0.29, 0.717) is 25.7 Å². The molecular formula is C31H43NO7. The van der Waals surface area contributed by atoms with Gasteiger partial charge in [0, 0.05) is 18.2 Å². The average Bonchev–Trinajstić information content (AvgIpc) is 2.91. The number of methoxy groups -OCH3 is 1. The number of Topliss-reactive ketones (excluding diaryl/α,β-unsaturated/α-hetero) is 1. The van der Waals surface area contributed by atoms with Crippen molar-refractivity contribution in [1.82, 2.24) is 5.32 Å². The fourth-order valence-electron chi connectivity index (χ4n) is 3.58. The van der Waals surface area contributed by atoms with Crippen LogP contribution in [0.5, 0.6) is 5.75 Å². The number of aliphatic hydroxyl groups excluding tert-OH is 1. The molecule has 0 bridgehead atoms. The third-order valence-corrected chi connectivity index (χ3v) is 6.23. The quantitative estimate of drug-likeness (QED) is 0.0986. The van der Waals surface area contributed by atoms with E-state index < -0.39 is 34.9 Å². The van der Waals surface area contributed by atoms with Crippen LogP contribution in [0.4, 0.5) is 4.79 Å². The second-order valence-corrected chi connectivity index (χ2v) is 9.52. The fraction of sp³-hybridized carbons (Fsp3) is 0.452. The van der Waals surface area contributed by atoms with E-state index in [2.05, 4.69) is 29.1 Å². The number of hydrogen-bond acceptors (Lipinski definition) is 7. The van der Waals surface area contributed by atoms with Gasteiger partial charge in [0.05, 0.1) is 13.2 Å². The number of amides is 1. The van der Waals surface area contributed by atoms with Crippen molar-refractivity contribution >= 4 is 11.9 Å². The third-order valence-electron chi connectivity index (χ3n) is 6.23. The van der Waals surface area contributed by atoms with E-state index in [1.807, 2.05) is 26.8 Å². The maximum Gasteiger partial charge on any atom is 0.410 e. The molecule has 2 atom stereocenters. The molecule has 0 aromatic carbocycles. The van der Waals surface area contributed by atoms with Crippen LogP contribution in [0.25, 0.3) is 0 Å². The molecular weight excluding hydrogens is 498 g/mol. The molecule has 0 fully saturated rings. The standard InChI is InChI=1S/C31H43NO7/c1-7-8-9-10-13-22(3)25(33)18-16-21(2)15-17-24(5)29(35)28-26(34)20-27(39-30(28)36)23(4)14-11-12-19-32-31(37)38-6/h8-9,12-13,15,17,19-20,23,25,33-34H,7,10-11,14,16,18H2,1-6H3,(H,32,37)/b9-8+,19-12-,21-15-,22-13-,24-17-/t23-,25-/m1/s1. The maximum atomic E-state index is 12.9. The second kappa shape index (κ2) is 17.8. The van der Waals surface area contributed by atoms with Crippen LogP contribution in [0.2, 0.25) is 0 Å². The van der Waals surface area contributed by atoms with E-state index in [1.54, 1.807) is 25.2 Å². The van der Waals surface area contributed by atoms with Crippen LogP contribution in [-0.4, -0.2) is 35.3 Å². The summed E-state index contributed by atoms with van der Waals surface area (Å²) in [6.07, 6.45) is 15.8. The minimum atomic E-state index is -0.891. The molecule has 1 aromatic heterocycles. The number of ketones is 1. The summed E-state index contributed by atoms with van der Waals surface area (Å²) in [4.78, 5) is 36.5. The number of ether oxygens (including phenoxy) is 1. The topological polar surface area (TPSA) is 126 Å². The van der Waals surface area contributed by atoms with Gasteiger partial charge in [-0.15, -0.1) is 0 Å². The Morgan fingerprint density at radius 3 is 2.49 bits per heavy atom. The van der Waals surface area contributed by atoms with Crippen LogP contribution in [0.3, 0.4) is 0 Å². The van der Waals surface area contributed by atoms with Crippen LogP contribution in [-0.2, 0) is 4.74 Å². The highest BCUT2D eigenvalue weighted by Gasteiger charge is 2.22. The summed E-state index contributed by atoms with van der Waals surface area (Å²) in [7, 11) is 1.27. The van der Waals surface area contributed by atoms with Gasteiger partial charge in [0.25, 0.3) is 0 Å². The zero-order chi connectivity index (χ0) is 29.4. The van der Waals surface area contributed by atoms with E-state index in [0.717, 1.165) is 24.0 Å². The predicted octanol–water partition coefficient (Wildman–Crippen LogP) is 6.62. The number of aliphatic hydroxyl groups is 1. The minimum absolute atomic E-state index is 0.209. The zero-order valence-corrected chi connectivity index (χ0v) is 24.0. The van der Waals surface area contributed by atoms with Crippen molar-refractivity contribution in [3.8, 4) is 5.75 Å². The number of nitrogens with one attached hydrogen (secondary N) is 1. The summed E-state index contributed by atoms with van der Waals surface area (Å²) in [6.45, 7) is 9.30. The van der Waals surface area contributed by atoms with Gasteiger partial charge in [-0.05, 0) is 70.4 Å². The zero-order valence-electron chi connectivity index (χ0n) is 24.0. The van der Waals surface area contributed by atoms with Crippen molar-refractivity contribution in [2.75, 3.05) is 7.11 Å². The highest BCUT2D eigenvalue weighted by atomic mass is 16.5. The maximum absolute atomic E-state index is 12.9. The van der Waals surface area contributed by atoms with Gasteiger partial charge in [0.1, 0.15) is 17.1 Å². The number of rotatable bonds is 15. The molecule has 0 spiro atoms. The van der Waals surface area contributed by atoms with E-state index in [1.165, 1.54) is 19.4 Å². The lowest BCUT2D eigenvalue weighted by Crippen LogP contribution is -2.17. The average molecular weight is 542 g/mol. The molecule has 1 heterocycles. The smallest absolute Gasteiger partial charge is 0.410 e. The van der Waals surface area contributed by atoms with E-state index >= 15 is 0 Å². The first-order valence-electron chi connectivity index (χ1n) is 13.3. The number of allylic oxidation sites excluding steroid dienone is 8. The first-order chi connectivity index (χ1) is 18.5. The molecule has 0 radical (unpaired) electrons. The molecule has 0 saturated heterocycles. The Kier molecular flexibility index (Phi) is 15.2. The van der Waals surface area contributed by atoms with Gasteiger partial charge in [-0.25, -0.2) is 9.59 Å². The van der Waals surface area contributed by atoms with Gasteiger partial charge in [-0.2, -0.15) is 0 Å². The molecule has 1 amide bonds. The lowest BCUT2D eigenvalue weighted by atomic mass is 9.99. The highest BCUT2D eigenvalue weighted by molar-refractivity contribution is 6.09. The van der Waals surface area contributed by atoms with Crippen LogP contribution in [0.15, 0.2) is 74.7 Å². The Morgan fingerprint density at radius 1 is 1.13 bits per heavy atom. The molecule has 0 aliphatic rings. The van der Waals surface area contributed by atoms with Crippen molar-refractivity contribution < 1.29 is 29.0 Å². The van der Waals surface area contributed by atoms with Crippen LogP contribution in [0.1, 0.15) is 95.2 Å². The molecule has 1 rings (SSSR count). The Labute approximate surface area is 231 Å². The number of alkyl carbamates (subject to hydrolysis) is 1. The second-order valence-electron chi connectivity index (χ2n) is 9.52. The summed E-state index contributed by atoms with van der Waals surface area (Å²) >= 11 is 0. The third kappa shape index (κ3) is 12.2. The van der Waals surface area contributed by atoms with Crippen molar-refractivity contribution in [2.24, 2.45) is 0 Å². The monoisotopic (exact) mass is 541 g/mol. The summed E-state index contributed by atoms with van der Waals surface area (Å²) in [5.74, 6) is -0.974. The number of aromatic hydroxyl groups is 1. The number of hydrogen-bond donors (Lipinski definition) is 3. The van der Waals surface area contributed by atoms with Gasteiger partial charge in [-0.1, -0.05) is 55.9 Å². The first-order valence-corrected chi connectivity index (χ1v) is 13.3. The highest BCUT2D eigenvalue weighted by Crippen LogP contribution is 2.26. The van der Waals surface area contributed by atoms with Gasteiger partial charge in [0.2, 0.25) is 0 Å². The lowest BCUT2D eigenvalue weighted by Gasteiger charge is -2.11. The van der Waals surface area contributed by atoms with E-state index in [4.69, 9.17) is 4.42 Å². The fourth-order valence-corrected chi connectivity index (χ4v) is 3.58. The van der Waals surface area contributed by atoms with Gasteiger partial charge in [0.15, 0.2) is 5.78 Å². The Morgan fingerprint density at radius 2 is 1.85 bits per heavy atom. The summed E-state index contributed by atoms with van der Waals surface area (Å²) in [5, 5.41) is 23.3. The molecule has 8 heteroatoms. The molecule has 39 heavy (non-hydrogen) atoms. The molecule has 0 aliphatic carbocycles. The normalized spacial score (nSPS) is 14.6. The first kappa shape index (κ1) is 33.4. The van der Waals surface area contributed by atoms with Crippen LogP contribution in [0, 0.1) is 0 Å². The largest absolute Gasteiger partial charge is 0.507 e. The van der Waals surface area contributed by atoms with Crippen molar-refractivity contribution in [3.05, 3.63) is 87.2 Å². The predicted molar refractivity (Wildman–Crippen MR) is 154 cm³/mol. The van der Waals surface area contributed by atoms with Gasteiger partial charge < -0.3 is 19.4 Å². The van der Waals surface area contributed by atoms with Crippen molar-refractivity contribution in [1.29, 1.82) is 0 Å². The summed E-state index contributed by atoms with van der Waals surface area (Å²) in [6, 6.07) is 1.30. The summed E-state index contributed by atoms with van der Waals surface area (Å²) < 4.78 is 9.82. The Balaban J connectivity index is 2.80. The van der Waals surface area contributed by atoms with Crippen molar-refractivity contribution in [3.63, 3.8) is 0 Å². The van der Waals surface area contributed by atoms with Crippen molar-refractivity contribution in [2.45, 2.75) is 85.2 Å².